The zero-order valence-electron chi connectivity index (χ0n) is 14.3. The number of nitrogens with zero attached hydrogens (tertiary/aromatic N) is 3. The third kappa shape index (κ3) is 4.48. The number of anilines is 1. The number of fused-ring (bicyclic) bond motifs is 1. The molecule has 2 aromatic heterocycles. The number of pyridine rings is 1. The molecule has 2 heterocycles. The Labute approximate surface area is 158 Å². The summed E-state index contributed by atoms with van der Waals surface area (Å²) in [5.41, 5.74) is 0.176. The van der Waals surface area contributed by atoms with Crippen LogP contribution < -0.4 is 10.9 Å². The Morgan fingerprint density at radius 2 is 2.00 bits per heavy atom. The normalized spacial score (nSPS) is 11.8. The predicted octanol–water partition coefficient (Wildman–Crippen LogP) is 2.02. The lowest BCUT2D eigenvalue weighted by Gasteiger charge is -2.13. The van der Waals surface area contributed by atoms with Gasteiger partial charge in [0.2, 0.25) is 0 Å². The van der Waals surface area contributed by atoms with Crippen LogP contribution in [0, 0.1) is 0 Å². The van der Waals surface area contributed by atoms with Gasteiger partial charge >= 0.3 is 5.97 Å². The van der Waals surface area contributed by atoms with Crippen molar-refractivity contribution in [2.75, 3.05) is 5.32 Å². The van der Waals surface area contributed by atoms with E-state index in [9.17, 15) is 14.4 Å². The van der Waals surface area contributed by atoms with Gasteiger partial charge in [-0.05, 0) is 31.2 Å². The smallest absolute Gasteiger partial charge is 0.326 e. The van der Waals surface area contributed by atoms with Gasteiger partial charge in [0.1, 0.15) is 12.4 Å². The molecule has 1 aromatic carbocycles. The summed E-state index contributed by atoms with van der Waals surface area (Å²) in [6.45, 7) is 1.07. The molecule has 138 valence electrons. The molecule has 27 heavy (non-hydrogen) atoms. The Hall–Kier alpha value is -3.26. The number of amides is 1. The first-order valence-electron chi connectivity index (χ1n) is 8.00. The van der Waals surface area contributed by atoms with E-state index in [0.29, 0.717) is 15.9 Å². The molecule has 0 aliphatic rings. The second-order valence-corrected chi connectivity index (χ2v) is 6.11. The number of nitrogens with one attached hydrogen (secondary N) is 1. The highest BCUT2D eigenvalue weighted by Gasteiger charge is 2.19. The average Bonchev–Trinajstić information content (AvgIpc) is 2.66. The van der Waals surface area contributed by atoms with Crippen molar-refractivity contribution in [3.05, 3.63) is 64.3 Å². The van der Waals surface area contributed by atoms with E-state index in [1.165, 1.54) is 25.5 Å². The van der Waals surface area contributed by atoms with Crippen LogP contribution in [0.2, 0.25) is 5.02 Å². The van der Waals surface area contributed by atoms with E-state index >= 15 is 0 Å². The minimum atomic E-state index is -1.07. The summed E-state index contributed by atoms with van der Waals surface area (Å²) in [7, 11) is 0. The fraction of sp³-hybridized carbons (Fsp3) is 0.167. The van der Waals surface area contributed by atoms with Crippen molar-refractivity contribution in [3.63, 3.8) is 0 Å². The first-order valence-corrected chi connectivity index (χ1v) is 8.38. The Balaban J connectivity index is 1.63. The fourth-order valence-electron chi connectivity index (χ4n) is 2.32. The first-order chi connectivity index (χ1) is 12.9. The molecule has 0 aliphatic heterocycles. The molecule has 1 N–H and O–H groups in total. The van der Waals surface area contributed by atoms with Crippen LogP contribution in [-0.2, 0) is 20.9 Å². The van der Waals surface area contributed by atoms with Crippen molar-refractivity contribution >= 4 is 40.2 Å². The Bertz CT molecular complexity index is 1050. The van der Waals surface area contributed by atoms with Crippen molar-refractivity contribution in [2.45, 2.75) is 19.6 Å². The number of hydrogen-bond acceptors (Lipinski definition) is 6. The summed E-state index contributed by atoms with van der Waals surface area (Å²) < 4.78 is 6.22. The van der Waals surface area contributed by atoms with Gasteiger partial charge in [-0.1, -0.05) is 23.7 Å². The van der Waals surface area contributed by atoms with E-state index in [1.807, 2.05) is 0 Å². The fourth-order valence-corrected chi connectivity index (χ4v) is 2.44. The van der Waals surface area contributed by atoms with E-state index in [4.69, 9.17) is 16.3 Å². The maximum Gasteiger partial charge on any atom is 0.326 e. The van der Waals surface area contributed by atoms with E-state index < -0.39 is 18.0 Å². The van der Waals surface area contributed by atoms with Crippen LogP contribution in [0.25, 0.3) is 10.9 Å². The topological polar surface area (TPSA) is 103 Å². The monoisotopic (exact) mass is 386 g/mol. The van der Waals surface area contributed by atoms with Gasteiger partial charge in [-0.3, -0.25) is 19.0 Å². The first kappa shape index (κ1) is 18.5. The zero-order chi connectivity index (χ0) is 19.4. The Morgan fingerprint density at radius 1 is 1.22 bits per heavy atom. The van der Waals surface area contributed by atoms with Gasteiger partial charge in [0.25, 0.3) is 11.5 Å². The molecule has 8 nitrogen and oxygen atoms in total. The number of halogens is 1. The number of carbonyl (C=O) groups excluding carboxylic acids is 2. The van der Waals surface area contributed by atoms with Crippen LogP contribution in [-0.4, -0.2) is 32.5 Å². The highest BCUT2D eigenvalue weighted by molar-refractivity contribution is 6.30. The lowest BCUT2D eigenvalue weighted by atomic mass is 10.2. The van der Waals surface area contributed by atoms with Crippen LogP contribution >= 0.6 is 11.6 Å². The molecule has 3 rings (SSSR count). The van der Waals surface area contributed by atoms with Crippen molar-refractivity contribution in [3.8, 4) is 0 Å². The number of esters is 1. The number of aromatic nitrogens is 3. The number of benzene rings is 1. The second-order valence-electron chi connectivity index (χ2n) is 5.68. The molecular formula is C18H15ClN4O4. The standard InChI is InChI=1S/C18H15ClN4O4/c1-11(17(25)22-15-7-6-12(19)8-20-15)27-16(24)9-23-10-21-14-5-3-2-4-13(14)18(23)26/h2-8,10-11H,9H2,1H3,(H,20,22,25)/t11-/m1/s1. The van der Waals surface area contributed by atoms with E-state index in [0.717, 1.165) is 4.57 Å². The van der Waals surface area contributed by atoms with E-state index in [-0.39, 0.29) is 17.9 Å². The quantitative estimate of drug-likeness (QED) is 0.673. The Morgan fingerprint density at radius 3 is 2.74 bits per heavy atom. The Kier molecular flexibility index (Phi) is 5.46. The van der Waals surface area contributed by atoms with Crippen LogP contribution in [0.5, 0.6) is 0 Å². The van der Waals surface area contributed by atoms with Gasteiger partial charge in [0.15, 0.2) is 6.10 Å². The van der Waals surface area contributed by atoms with Gasteiger partial charge in [-0.25, -0.2) is 9.97 Å². The van der Waals surface area contributed by atoms with Gasteiger partial charge < -0.3 is 10.1 Å². The molecule has 0 bridgehead atoms. The predicted molar refractivity (Wildman–Crippen MR) is 99.4 cm³/mol. The third-order valence-electron chi connectivity index (χ3n) is 3.69. The van der Waals surface area contributed by atoms with E-state index in [2.05, 4.69) is 15.3 Å². The molecule has 0 unspecified atom stereocenters. The maximum absolute atomic E-state index is 12.4. The summed E-state index contributed by atoms with van der Waals surface area (Å²) >= 11 is 5.73. The van der Waals surface area contributed by atoms with Gasteiger partial charge in [-0.2, -0.15) is 0 Å². The molecule has 0 saturated heterocycles. The van der Waals surface area contributed by atoms with Crippen molar-refractivity contribution in [1.29, 1.82) is 0 Å². The molecule has 9 heteroatoms. The summed E-state index contributed by atoms with van der Waals surface area (Å²) in [5, 5.41) is 3.33. The molecule has 1 atom stereocenters. The van der Waals surface area contributed by atoms with Crippen LogP contribution in [0.1, 0.15) is 6.92 Å². The van der Waals surface area contributed by atoms with Crippen LogP contribution in [0.4, 0.5) is 5.82 Å². The molecule has 0 radical (unpaired) electrons. The summed E-state index contributed by atoms with van der Waals surface area (Å²) in [5.74, 6) is -1.01. The third-order valence-corrected chi connectivity index (χ3v) is 3.91. The molecule has 0 saturated carbocycles. The molecule has 3 aromatic rings. The summed E-state index contributed by atoms with van der Waals surface area (Å²) in [6, 6.07) is 9.90. The van der Waals surface area contributed by atoms with E-state index in [1.54, 1.807) is 30.3 Å². The highest BCUT2D eigenvalue weighted by Crippen LogP contribution is 2.10. The number of ether oxygens (including phenoxy) is 1. The summed E-state index contributed by atoms with van der Waals surface area (Å²) in [6.07, 6.45) is 1.58. The number of carbonyl (C=O) groups is 2. The highest BCUT2D eigenvalue weighted by atomic mass is 35.5. The average molecular weight is 387 g/mol. The number of para-hydroxylation sites is 1. The molecule has 0 fully saturated rings. The van der Waals surface area contributed by atoms with Crippen molar-refractivity contribution in [1.82, 2.24) is 14.5 Å². The summed E-state index contributed by atoms with van der Waals surface area (Å²) in [4.78, 5) is 44.6. The van der Waals surface area contributed by atoms with Crippen molar-refractivity contribution in [2.24, 2.45) is 0 Å². The molecular weight excluding hydrogens is 372 g/mol. The van der Waals surface area contributed by atoms with Gasteiger partial charge in [-0.15, -0.1) is 0 Å². The molecule has 1 amide bonds. The molecule has 0 spiro atoms. The lowest BCUT2D eigenvalue weighted by molar-refractivity contribution is -0.153. The van der Waals surface area contributed by atoms with Crippen LogP contribution in [0.15, 0.2) is 53.7 Å². The molecule has 0 aliphatic carbocycles. The zero-order valence-corrected chi connectivity index (χ0v) is 15.0. The lowest BCUT2D eigenvalue weighted by Crippen LogP contribution is -2.33. The van der Waals surface area contributed by atoms with Crippen LogP contribution in [0.3, 0.4) is 0 Å². The SMILES string of the molecule is C[C@@H](OC(=O)Cn1cnc2ccccc2c1=O)C(=O)Nc1ccc(Cl)cn1. The minimum Gasteiger partial charge on any atom is -0.451 e. The largest absolute Gasteiger partial charge is 0.451 e. The number of hydrogen-bond donors (Lipinski definition) is 1. The van der Waals surface area contributed by atoms with Gasteiger partial charge in [0, 0.05) is 6.20 Å². The minimum absolute atomic E-state index is 0.280. The van der Waals surface area contributed by atoms with Crippen molar-refractivity contribution < 1.29 is 14.3 Å². The second kappa shape index (κ2) is 7.96. The maximum atomic E-state index is 12.4. The van der Waals surface area contributed by atoms with Gasteiger partial charge in [0.05, 0.1) is 22.3 Å². The number of rotatable bonds is 5.